The van der Waals surface area contributed by atoms with E-state index in [1.807, 2.05) is 31.2 Å². The average Bonchev–Trinajstić information content (AvgIpc) is 2.45. The molecule has 0 radical (unpaired) electrons. The molecule has 0 spiro atoms. The van der Waals surface area contributed by atoms with Crippen molar-refractivity contribution in [3.63, 3.8) is 0 Å². The van der Waals surface area contributed by atoms with Crippen LogP contribution in [0.15, 0.2) is 30.5 Å². The molecule has 1 amide bonds. The number of amides is 1. The molecule has 0 fully saturated rings. The molecular formula is C15H19N3O. The molecule has 1 unspecified atom stereocenters. The zero-order valence-corrected chi connectivity index (χ0v) is 11.5. The molecule has 2 N–H and O–H groups in total. The number of benzene rings is 1. The Morgan fingerprint density at radius 3 is 2.89 bits per heavy atom. The predicted octanol–water partition coefficient (Wildman–Crippen LogP) is 1.77. The molecule has 1 aromatic carbocycles. The lowest BCUT2D eigenvalue weighted by Crippen LogP contribution is -2.40. The Morgan fingerprint density at radius 1 is 1.37 bits per heavy atom. The van der Waals surface area contributed by atoms with Crippen LogP contribution < -0.4 is 10.6 Å². The van der Waals surface area contributed by atoms with Crippen molar-refractivity contribution in [3.05, 3.63) is 41.6 Å². The summed E-state index contributed by atoms with van der Waals surface area (Å²) in [6.07, 6.45) is 1.78. The topological polar surface area (TPSA) is 54.0 Å². The van der Waals surface area contributed by atoms with Crippen LogP contribution in [-0.2, 0) is 11.3 Å². The van der Waals surface area contributed by atoms with E-state index in [-0.39, 0.29) is 11.9 Å². The van der Waals surface area contributed by atoms with Gasteiger partial charge >= 0.3 is 0 Å². The monoisotopic (exact) mass is 257 g/mol. The van der Waals surface area contributed by atoms with Crippen molar-refractivity contribution in [2.75, 3.05) is 7.05 Å². The molecule has 0 aliphatic heterocycles. The molecule has 100 valence electrons. The summed E-state index contributed by atoms with van der Waals surface area (Å²) in [4.78, 5) is 16.1. The highest BCUT2D eigenvalue weighted by Gasteiger charge is 2.11. The minimum atomic E-state index is -0.187. The van der Waals surface area contributed by atoms with Crippen molar-refractivity contribution >= 4 is 16.8 Å². The summed E-state index contributed by atoms with van der Waals surface area (Å²) in [5.74, 6) is 0.00259. The Labute approximate surface area is 113 Å². The van der Waals surface area contributed by atoms with Gasteiger partial charge in [-0.25, -0.2) is 0 Å². The van der Waals surface area contributed by atoms with Crippen LogP contribution in [0.5, 0.6) is 0 Å². The van der Waals surface area contributed by atoms with Gasteiger partial charge in [-0.2, -0.15) is 0 Å². The fourth-order valence-corrected chi connectivity index (χ4v) is 2.02. The van der Waals surface area contributed by atoms with E-state index in [0.717, 1.165) is 22.0 Å². The number of aromatic nitrogens is 1. The molecule has 19 heavy (non-hydrogen) atoms. The van der Waals surface area contributed by atoms with Crippen LogP contribution in [-0.4, -0.2) is 24.0 Å². The largest absolute Gasteiger partial charge is 0.351 e. The zero-order chi connectivity index (χ0) is 13.8. The van der Waals surface area contributed by atoms with Gasteiger partial charge < -0.3 is 10.6 Å². The smallest absolute Gasteiger partial charge is 0.237 e. The van der Waals surface area contributed by atoms with E-state index in [1.54, 1.807) is 13.2 Å². The number of fused-ring (bicyclic) bond motifs is 1. The third-order valence-corrected chi connectivity index (χ3v) is 3.40. The maximum Gasteiger partial charge on any atom is 0.237 e. The first-order valence-electron chi connectivity index (χ1n) is 6.41. The Bertz CT molecular complexity index is 595. The van der Waals surface area contributed by atoms with Crippen LogP contribution in [0.2, 0.25) is 0 Å². The van der Waals surface area contributed by atoms with Gasteiger partial charge in [0.2, 0.25) is 5.91 Å². The highest BCUT2D eigenvalue weighted by molar-refractivity contribution is 5.85. The standard InChI is InChI=1S/C15H19N3O/c1-10-6-7-14-12(5-4-8-17-14)13(10)9-18-15(19)11(2)16-3/h4-8,11,16H,9H2,1-3H3,(H,18,19). The third kappa shape index (κ3) is 2.90. The van der Waals surface area contributed by atoms with Crippen molar-refractivity contribution in [1.82, 2.24) is 15.6 Å². The lowest BCUT2D eigenvalue weighted by Gasteiger charge is -2.14. The lowest BCUT2D eigenvalue weighted by molar-refractivity contribution is -0.122. The van der Waals surface area contributed by atoms with Crippen LogP contribution in [0.3, 0.4) is 0 Å². The molecule has 2 rings (SSSR count). The highest BCUT2D eigenvalue weighted by Crippen LogP contribution is 2.20. The number of nitrogens with one attached hydrogen (secondary N) is 2. The van der Waals surface area contributed by atoms with Gasteiger partial charge in [-0.15, -0.1) is 0 Å². The molecule has 4 heteroatoms. The molecule has 0 aliphatic rings. The van der Waals surface area contributed by atoms with Crippen molar-refractivity contribution in [2.45, 2.75) is 26.4 Å². The van der Waals surface area contributed by atoms with Gasteiger partial charge in [0.25, 0.3) is 0 Å². The van der Waals surface area contributed by atoms with Crippen LogP contribution in [0.25, 0.3) is 10.9 Å². The van der Waals surface area contributed by atoms with Gasteiger partial charge in [-0.05, 0) is 44.2 Å². The number of carbonyl (C=O) groups excluding carboxylic acids is 1. The van der Waals surface area contributed by atoms with E-state index in [0.29, 0.717) is 6.54 Å². The maximum atomic E-state index is 11.8. The molecule has 1 aromatic heterocycles. The van der Waals surface area contributed by atoms with E-state index in [9.17, 15) is 4.79 Å². The first kappa shape index (κ1) is 13.5. The van der Waals surface area contributed by atoms with Crippen molar-refractivity contribution in [1.29, 1.82) is 0 Å². The third-order valence-electron chi connectivity index (χ3n) is 3.40. The Kier molecular flexibility index (Phi) is 4.12. The summed E-state index contributed by atoms with van der Waals surface area (Å²) in [6, 6.07) is 7.82. The fraction of sp³-hybridized carbons (Fsp3) is 0.333. The summed E-state index contributed by atoms with van der Waals surface area (Å²) in [6.45, 7) is 4.42. The number of rotatable bonds is 4. The van der Waals surface area contributed by atoms with Crippen molar-refractivity contribution < 1.29 is 4.79 Å². The van der Waals surface area contributed by atoms with Crippen molar-refractivity contribution in [3.8, 4) is 0 Å². The van der Waals surface area contributed by atoms with E-state index in [1.165, 1.54) is 0 Å². The van der Waals surface area contributed by atoms with E-state index in [4.69, 9.17) is 0 Å². The molecule has 0 saturated heterocycles. The first-order valence-corrected chi connectivity index (χ1v) is 6.41. The first-order chi connectivity index (χ1) is 9.13. The van der Waals surface area contributed by atoms with Gasteiger partial charge in [0.05, 0.1) is 11.6 Å². The number of hydrogen-bond acceptors (Lipinski definition) is 3. The summed E-state index contributed by atoms with van der Waals surface area (Å²) in [7, 11) is 1.78. The molecule has 0 aliphatic carbocycles. The van der Waals surface area contributed by atoms with Gasteiger partial charge in [0.15, 0.2) is 0 Å². The molecule has 1 atom stereocenters. The van der Waals surface area contributed by atoms with E-state index >= 15 is 0 Å². The van der Waals surface area contributed by atoms with E-state index < -0.39 is 0 Å². The summed E-state index contributed by atoms with van der Waals surface area (Å²) in [5, 5.41) is 6.98. The van der Waals surface area contributed by atoms with Crippen molar-refractivity contribution in [2.24, 2.45) is 0 Å². The Balaban J connectivity index is 2.25. The molecule has 4 nitrogen and oxygen atoms in total. The molecule has 2 aromatic rings. The molecule has 0 saturated carbocycles. The van der Waals surface area contributed by atoms with E-state index in [2.05, 4.69) is 22.5 Å². The molecule has 1 heterocycles. The number of nitrogens with zero attached hydrogens (tertiary/aromatic N) is 1. The lowest BCUT2D eigenvalue weighted by atomic mass is 10.0. The Morgan fingerprint density at radius 2 is 2.16 bits per heavy atom. The summed E-state index contributed by atoms with van der Waals surface area (Å²) < 4.78 is 0. The average molecular weight is 257 g/mol. The van der Waals surface area contributed by atoms with Crippen LogP contribution >= 0.6 is 0 Å². The highest BCUT2D eigenvalue weighted by atomic mass is 16.2. The van der Waals surface area contributed by atoms with Crippen LogP contribution in [0.4, 0.5) is 0 Å². The quantitative estimate of drug-likeness (QED) is 0.877. The Hall–Kier alpha value is -1.94. The number of aryl methyl sites for hydroxylation is 1. The number of likely N-dealkylation sites (N-methyl/N-ethyl adjacent to an activating group) is 1. The van der Waals surface area contributed by atoms with Gasteiger partial charge in [0.1, 0.15) is 0 Å². The minimum absolute atomic E-state index is 0.00259. The minimum Gasteiger partial charge on any atom is -0.351 e. The SMILES string of the molecule is CNC(C)C(=O)NCc1c(C)ccc2ncccc12. The number of hydrogen-bond donors (Lipinski definition) is 2. The van der Waals surface area contributed by atoms with Crippen LogP contribution in [0, 0.1) is 6.92 Å². The molecular weight excluding hydrogens is 238 g/mol. The number of pyridine rings is 1. The second-order valence-corrected chi connectivity index (χ2v) is 4.66. The fourth-order valence-electron chi connectivity index (χ4n) is 2.02. The second-order valence-electron chi connectivity index (χ2n) is 4.66. The van der Waals surface area contributed by atoms with Gasteiger partial charge in [-0.1, -0.05) is 12.1 Å². The summed E-state index contributed by atoms with van der Waals surface area (Å²) in [5.41, 5.74) is 3.25. The second kappa shape index (κ2) is 5.80. The summed E-state index contributed by atoms with van der Waals surface area (Å²) >= 11 is 0. The van der Waals surface area contributed by atoms with Crippen LogP contribution in [0.1, 0.15) is 18.1 Å². The normalized spacial score (nSPS) is 12.4. The zero-order valence-electron chi connectivity index (χ0n) is 11.5. The van der Waals surface area contributed by atoms with Gasteiger partial charge in [-0.3, -0.25) is 9.78 Å². The maximum absolute atomic E-state index is 11.8. The predicted molar refractivity (Wildman–Crippen MR) is 76.8 cm³/mol. The molecule has 0 bridgehead atoms. The number of carbonyl (C=O) groups is 1. The van der Waals surface area contributed by atoms with Gasteiger partial charge in [0, 0.05) is 18.1 Å².